The Morgan fingerprint density at radius 2 is 2.00 bits per heavy atom. The minimum atomic E-state index is -0.262. The van der Waals surface area contributed by atoms with Crippen LogP contribution in [0.1, 0.15) is 32.6 Å². The predicted octanol–water partition coefficient (Wildman–Crippen LogP) is 1.00. The van der Waals surface area contributed by atoms with Crippen LogP contribution in [-0.4, -0.2) is 44.2 Å². The lowest BCUT2D eigenvalue weighted by atomic mass is 10.2. The number of carbonyl (C=O) groups is 1. The van der Waals surface area contributed by atoms with Gasteiger partial charge in [0.05, 0.1) is 13.2 Å². The molecule has 1 amide bonds. The third-order valence-electron chi connectivity index (χ3n) is 2.32. The average Bonchev–Trinajstić information content (AvgIpc) is 2.19. The van der Waals surface area contributed by atoms with Crippen LogP contribution in [-0.2, 0) is 9.53 Å². The Labute approximate surface area is 92.8 Å². The predicted molar refractivity (Wildman–Crippen MR) is 61.7 cm³/mol. The molecular formula is C11H24N2O2. The van der Waals surface area contributed by atoms with E-state index in [1.54, 1.807) is 7.11 Å². The molecule has 0 aromatic heterocycles. The number of ether oxygens (including phenoxy) is 1. The lowest BCUT2D eigenvalue weighted by Crippen LogP contribution is -2.36. The summed E-state index contributed by atoms with van der Waals surface area (Å²) in [7, 11) is 1.67. The van der Waals surface area contributed by atoms with E-state index in [2.05, 4.69) is 11.8 Å². The van der Waals surface area contributed by atoms with E-state index < -0.39 is 0 Å². The van der Waals surface area contributed by atoms with Gasteiger partial charge in [-0.15, -0.1) is 0 Å². The molecule has 0 saturated heterocycles. The first-order valence-electron chi connectivity index (χ1n) is 5.70. The molecular weight excluding hydrogens is 192 g/mol. The first-order valence-corrected chi connectivity index (χ1v) is 5.70. The molecule has 0 aliphatic heterocycles. The maximum Gasteiger partial charge on any atom is 0.231 e. The Morgan fingerprint density at radius 1 is 1.27 bits per heavy atom. The zero-order valence-corrected chi connectivity index (χ0v) is 10.00. The van der Waals surface area contributed by atoms with E-state index in [-0.39, 0.29) is 5.91 Å². The van der Waals surface area contributed by atoms with Crippen LogP contribution in [0.4, 0.5) is 0 Å². The molecule has 90 valence electrons. The highest BCUT2D eigenvalue weighted by Gasteiger charge is 2.07. The lowest BCUT2D eigenvalue weighted by molar-refractivity contribution is -0.119. The fourth-order valence-electron chi connectivity index (χ4n) is 1.47. The number of methoxy groups -OCH3 is 1. The van der Waals surface area contributed by atoms with Crippen molar-refractivity contribution in [3.05, 3.63) is 0 Å². The summed E-state index contributed by atoms with van der Waals surface area (Å²) in [6.07, 6.45) is 4.84. The maximum absolute atomic E-state index is 10.8. The molecule has 0 unspecified atom stereocenters. The Kier molecular flexibility index (Phi) is 9.52. The molecule has 0 aliphatic rings. The minimum Gasteiger partial charge on any atom is -0.383 e. The van der Waals surface area contributed by atoms with Crippen LogP contribution in [0.3, 0.4) is 0 Å². The number of amides is 1. The van der Waals surface area contributed by atoms with Crippen molar-refractivity contribution >= 4 is 5.91 Å². The van der Waals surface area contributed by atoms with Gasteiger partial charge >= 0.3 is 0 Å². The van der Waals surface area contributed by atoms with Gasteiger partial charge in [-0.1, -0.05) is 26.2 Å². The number of hydrogen-bond donors (Lipinski definition) is 1. The Hall–Kier alpha value is -0.610. The molecule has 4 nitrogen and oxygen atoms in total. The van der Waals surface area contributed by atoms with Crippen molar-refractivity contribution in [2.75, 3.05) is 33.4 Å². The number of hydrogen-bond acceptors (Lipinski definition) is 3. The van der Waals surface area contributed by atoms with Gasteiger partial charge in [-0.25, -0.2) is 0 Å². The molecule has 0 fully saturated rings. The van der Waals surface area contributed by atoms with Crippen molar-refractivity contribution in [2.24, 2.45) is 5.73 Å². The van der Waals surface area contributed by atoms with Gasteiger partial charge in [0.1, 0.15) is 0 Å². The second kappa shape index (κ2) is 9.93. The Balaban J connectivity index is 3.64. The second-order valence-electron chi connectivity index (χ2n) is 3.80. The highest BCUT2D eigenvalue weighted by atomic mass is 16.5. The molecule has 0 aliphatic carbocycles. The summed E-state index contributed by atoms with van der Waals surface area (Å²) in [5, 5.41) is 0. The van der Waals surface area contributed by atoms with E-state index in [0.717, 1.165) is 19.5 Å². The summed E-state index contributed by atoms with van der Waals surface area (Å²) in [6, 6.07) is 0. The van der Waals surface area contributed by atoms with Crippen LogP contribution in [0.2, 0.25) is 0 Å². The molecule has 0 radical (unpaired) electrons. The molecule has 0 heterocycles. The highest BCUT2D eigenvalue weighted by Crippen LogP contribution is 2.01. The van der Waals surface area contributed by atoms with Crippen LogP contribution >= 0.6 is 0 Å². The fourth-order valence-corrected chi connectivity index (χ4v) is 1.47. The van der Waals surface area contributed by atoms with E-state index >= 15 is 0 Å². The molecule has 15 heavy (non-hydrogen) atoms. The summed E-state index contributed by atoms with van der Waals surface area (Å²) in [4.78, 5) is 12.9. The number of rotatable bonds is 10. The van der Waals surface area contributed by atoms with Crippen LogP contribution in [0.25, 0.3) is 0 Å². The van der Waals surface area contributed by atoms with E-state index in [4.69, 9.17) is 10.5 Å². The molecule has 2 N–H and O–H groups in total. The summed E-state index contributed by atoms with van der Waals surface area (Å²) >= 11 is 0. The average molecular weight is 216 g/mol. The number of nitrogens with two attached hydrogens (primary N) is 1. The normalized spacial score (nSPS) is 10.9. The standard InChI is InChI=1S/C11H24N2O2/c1-3-4-5-6-7-13(8-9-15-2)10-11(12)14/h3-10H2,1-2H3,(H2,12,14). The van der Waals surface area contributed by atoms with E-state index in [0.29, 0.717) is 13.2 Å². The van der Waals surface area contributed by atoms with Crippen LogP contribution in [0.15, 0.2) is 0 Å². The quantitative estimate of drug-likeness (QED) is 0.554. The Bertz CT molecular complexity index is 163. The third kappa shape index (κ3) is 9.69. The first-order chi connectivity index (χ1) is 7.20. The van der Waals surface area contributed by atoms with Gasteiger partial charge in [0, 0.05) is 13.7 Å². The van der Waals surface area contributed by atoms with Gasteiger partial charge in [-0.2, -0.15) is 0 Å². The van der Waals surface area contributed by atoms with Crippen LogP contribution in [0.5, 0.6) is 0 Å². The second-order valence-corrected chi connectivity index (χ2v) is 3.80. The minimum absolute atomic E-state index is 0.262. The monoisotopic (exact) mass is 216 g/mol. The molecule has 0 saturated carbocycles. The number of unbranched alkanes of at least 4 members (excludes halogenated alkanes) is 3. The number of carbonyl (C=O) groups excluding carboxylic acids is 1. The van der Waals surface area contributed by atoms with Crippen molar-refractivity contribution in [1.29, 1.82) is 0 Å². The molecule has 0 atom stereocenters. The van der Waals surface area contributed by atoms with Gasteiger partial charge in [0.25, 0.3) is 0 Å². The maximum atomic E-state index is 10.8. The largest absolute Gasteiger partial charge is 0.383 e. The van der Waals surface area contributed by atoms with Gasteiger partial charge in [0.2, 0.25) is 5.91 Å². The lowest BCUT2D eigenvalue weighted by Gasteiger charge is -2.19. The Morgan fingerprint density at radius 3 is 2.53 bits per heavy atom. The summed E-state index contributed by atoms with van der Waals surface area (Å²) in [5.74, 6) is -0.262. The summed E-state index contributed by atoms with van der Waals surface area (Å²) in [5.41, 5.74) is 5.17. The van der Waals surface area contributed by atoms with Crippen molar-refractivity contribution < 1.29 is 9.53 Å². The van der Waals surface area contributed by atoms with Crippen molar-refractivity contribution in [3.8, 4) is 0 Å². The fraction of sp³-hybridized carbons (Fsp3) is 0.909. The van der Waals surface area contributed by atoms with Crippen molar-refractivity contribution in [2.45, 2.75) is 32.6 Å². The zero-order chi connectivity index (χ0) is 11.5. The molecule has 4 heteroatoms. The van der Waals surface area contributed by atoms with E-state index in [9.17, 15) is 4.79 Å². The molecule has 0 bridgehead atoms. The van der Waals surface area contributed by atoms with Gasteiger partial charge in [-0.3, -0.25) is 9.69 Å². The molecule has 0 spiro atoms. The van der Waals surface area contributed by atoms with Crippen LogP contribution < -0.4 is 5.73 Å². The molecule has 0 aromatic rings. The topological polar surface area (TPSA) is 55.6 Å². The van der Waals surface area contributed by atoms with Crippen LogP contribution in [0, 0.1) is 0 Å². The highest BCUT2D eigenvalue weighted by molar-refractivity contribution is 5.75. The van der Waals surface area contributed by atoms with Gasteiger partial charge in [0.15, 0.2) is 0 Å². The van der Waals surface area contributed by atoms with E-state index in [1.165, 1.54) is 19.3 Å². The summed E-state index contributed by atoms with van der Waals surface area (Å²) in [6.45, 7) is 4.90. The summed E-state index contributed by atoms with van der Waals surface area (Å²) < 4.78 is 4.99. The van der Waals surface area contributed by atoms with E-state index in [1.807, 2.05) is 0 Å². The zero-order valence-electron chi connectivity index (χ0n) is 10.00. The van der Waals surface area contributed by atoms with Gasteiger partial charge in [-0.05, 0) is 13.0 Å². The number of primary amides is 1. The first kappa shape index (κ1) is 14.4. The third-order valence-corrected chi connectivity index (χ3v) is 2.32. The smallest absolute Gasteiger partial charge is 0.231 e. The molecule has 0 aromatic carbocycles. The molecule has 0 rings (SSSR count). The number of nitrogens with zero attached hydrogens (tertiary/aromatic N) is 1. The van der Waals surface area contributed by atoms with Gasteiger partial charge < -0.3 is 10.5 Å². The van der Waals surface area contributed by atoms with Crippen molar-refractivity contribution in [3.63, 3.8) is 0 Å². The SMILES string of the molecule is CCCCCCN(CCOC)CC(N)=O. The van der Waals surface area contributed by atoms with Crippen molar-refractivity contribution in [1.82, 2.24) is 4.90 Å².